The molecule has 3 aromatic rings. The Morgan fingerprint density at radius 2 is 1.61 bits per heavy atom. The predicted molar refractivity (Wildman–Crippen MR) is 143 cm³/mol. The smallest absolute Gasteiger partial charge is 0.257 e. The summed E-state index contributed by atoms with van der Waals surface area (Å²) in [7, 11) is 0. The maximum absolute atomic E-state index is 14.7. The second-order valence-electron chi connectivity index (χ2n) is 8.41. The second-order valence-corrected chi connectivity index (χ2v) is 11.1. The molecule has 0 spiro atoms. The third-order valence-corrected chi connectivity index (χ3v) is 7.64. The van der Waals surface area contributed by atoms with Gasteiger partial charge in [-0.25, -0.2) is 13.2 Å². The summed E-state index contributed by atoms with van der Waals surface area (Å²) in [5, 5.41) is 6.89. The van der Waals surface area contributed by atoms with Crippen LogP contribution >= 0.6 is 50.7 Å². The number of halogens is 7. The molecular formula is C25H16BrCl3F3N3O3. The van der Waals surface area contributed by atoms with E-state index >= 15 is 0 Å². The zero-order chi connectivity index (χ0) is 27.9. The standard InChI is InChI=1S/C25H16BrCl3F3N3O3/c1-10(36)33-22-17(31)6-7-18(21(22)32)35-23(37)13-9-12(3-4-15(13)27)34-24(38)20-19(25(20,28)29)11-2-5-16(30)14(26)8-11/h2-9,19-20H,1H3,(H,33,36)(H,34,38)(H,35,37)/t19-,20+/m0/s1. The van der Waals surface area contributed by atoms with Gasteiger partial charge in [-0.15, -0.1) is 23.2 Å². The van der Waals surface area contributed by atoms with Crippen LogP contribution < -0.4 is 16.0 Å². The highest BCUT2D eigenvalue weighted by Crippen LogP contribution is 2.65. The molecule has 4 rings (SSSR count). The van der Waals surface area contributed by atoms with Gasteiger partial charge in [0.05, 0.1) is 26.7 Å². The molecule has 6 nitrogen and oxygen atoms in total. The predicted octanol–water partition coefficient (Wildman–Crippen LogP) is 7.26. The highest BCUT2D eigenvalue weighted by atomic mass is 79.9. The molecule has 3 amide bonds. The van der Waals surface area contributed by atoms with Crippen molar-refractivity contribution in [2.24, 2.45) is 5.92 Å². The molecule has 1 fully saturated rings. The molecule has 1 aliphatic carbocycles. The van der Waals surface area contributed by atoms with E-state index in [-0.39, 0.29) is 20.7 Å². The van der Waals surface area contributed by atoms with Crippen LogP contribution in [0.25, 0.3) is 0 Å². The lowest BCUT2D eigenvalue weighted by Gasteiger charge is -2.13. The largest absolute Gasteiger partial charge is 0.326 e. The van der Waals surface area contributed by atoms with Crippen molar-refractivity contribution in [1.29, 1.82) is 0 Å². The minimum absolute atomic E-state index is 0.0189. The van der Waals surface area contributed by atoms with E-state index in [9.17, 15) is 27.6 Å². The zero-order valence-corrected chi connectivity index (χ0v) is 23.0. The highest BCUT2D eigenvalue weighted by Gasteiger charge is 2.67. The van der Waals surface area contributed by atoms with Crippen molar-refractivity contribution in [3.63, 3.8) is 0 Å². The molecule has 13 heteroatoms. The van der Waals surface area contributed by atoms with Crippen LogP contribution in [0.2, 0.25) is 5.02 Å². The van der Waals surface area contributed by atoms with Crippen LogP contribution in [0.4, 0.5) is 30.2 Å². The first kappa shape index (κ1) is 28.2. The van der Waals surface area contributed by atoms with Crippen LogP contribution in [0, 0.1) is 23.4 Å². The highest BCUT2D eigenvalue weighted by molar-refractivity contribution is 9.10. The van der Waals surface area contributed by atoms with Crippen LogP contribution in [0.1, 0.15) is 28.8 Å². The summed E-state index contributed by atoms with van der Waals surface area (Å²) in [4.78, 5) is 37.1. The molecule has 0 heterocycles. The minimum atomic E-state index is -1.44. The molecule has 3 N–H and O–H groups in total. The maximum Gasteiger partial charge on any atom is 0.257 e. The number of carbonyl (C=O) groups excluding carboxylic acids is 3. The monoisotopic (exact) mass is 647 g/mol. The van der Waals surface area contributed by atoms with Gasteiger partial charge in [-0.3, -0.25) is 14.4 Å². The number of amides is 3. The van der Waals surface area contributed by atoms with Crippen molar-refractivity contribution >= 4 is 85.5 Å². The van der Waals surface area contributed by atoms with Crippen LogP contribution in [0.15, 0.2) is 53.0 Å². The molecule has 2 atom stereocenters. The number of benzene rings is 3. The number of alkyl halides is 2. The molecule has 1 aliphatic rings. The normalized spacial score (nSPS) is 17.5. The molecule has 0 aromatic heterocycles. The van der Waals surface area contributed by atoms with Crippen molar-refractivity contribution in [3.05, 3.63) is 86.6 Å². The van der Waals surface area contributed by atoms with Gasteiger partial charge >= 0.3 is 0 Å². The molecule has 38 heavy (non-hydrogen) atoms. The summed E-state index contributed by atoms with van der Waals surface area (Å²) >= 11 is 21.9. The Hall–Kier alpha value is -2.79. The number of carbonyl (C=O) groups is 3. The fourth-order valence-corrected chi connectivity index (χ4v) is 5.33. The molecule has 198 valence electrons. The topological polar surface area (TPSA) is 87.3 Å². The summed E-state index contributed by atoms with van der Waals surface area (Å²) in [6, 6.07) is 10.1. The Morgan fingerprint density at radius 3 is 2.26 bits per heavy atom. The first-order chi connectivity index (χ1) is 17.8. The Labute approximate surface area is 238 Å². The summed E-state index contributed by atoms with van der Waals surface area (Å²) in [5.41, 5.74) is -0.545. The summed E-state index contributed by atoms with van der Waals surface area (Å²) < 4.78 is 41.0. The number of anilines is 3. The number of nitrogens with one attached hydrogen (secondary N) is 3. The van der Waals surface area contributed by atoms with Crippen molar-refractivity contribution < 1.29 is 27.6 Å². The molecular weight excluding hydrogens is 634 g/mol. The van der Waals surface area contributed by atoms with Gasteiger partial charge in [0.25, 0.3) is 5.91 Å². The minimum Gasteiger partial charge on any atom is -0.326 e. The van der Waals surface area contributed by atoms with Gasteiger partial charge in [-0.1, -0.05) is 17.7 Å². The third-order valence-electron chi connectivity index (χ3n) is 5.76. The van der Waals surface area contributed by atoms with Crippen LogP contribution in [0.5, 0.6) is 0 Å². The molecule has 3 aromatic carbocycles. The van der Waals surface area contributed by atoms with Crippen molar-refractivity contribution in [2.45, 2.75) is 17.2 Å². The fourth-order valence-electron chi connectivity index (χ4n) is 3.90. The van der Waals surface area contributed by atoms with E-state index in [1.54, 1.807) is 0 Å². The van der Waals surface area contributed by atoms with Gasteiger partial charge in [0.1, 0.15) is 21.7 Å². The van der Waals surface area contributed by atoms with Gasteiger partial charge in [-0.2, -0.15) is 0 Å². The van der Waals surface area contributed by atoms with Gasteiger partial charge in [0, 0.05) is 18.5 Å². The number of hydrogen-bond donors (Lipinski definition) is 3. The van der Waals surface area contributed by atoms with Crippen molar-refractivity contribution in [1.82, 2.24) is 0 Å². The molecule has 0 unspecified atom stereocenters. The average molecular weight is 650 g/mol. The number of hydrogen-bond acceptors (Lipinski definition) is 3. The van der Waals surface area contributed by atoms with Crippen molar-refractivity contribution in [3.8, 4) is 0 Å². The third kappa shape index (κ3) is 5.63. The molecule has 0 saturated heterocycles. The maximum atomic E-state index is 14.7. The molecule has 0 aliphatic heterocycles. The van der Waals surface area contributed by atoms with Crippen LogP contribution in [-0.2, 0) is 9.59 Å². The van der Waals surface area contributed by atoms with Gasteiger partial charge in [0.15, 0.2) is 5.82 Å². The van der Waals surface area contributed by atoms with Crippen LogP contribution in [0.3, 0.4) is 0 Å². The zero-order valence-electron chi connectivity index (χ0n) is 19.1. The van der Waals surface area contributed by atoms with Gasteiger partial charge in [-0.05, 0) is 64.0 Å². The Balaban J connectivity index is 1.52. The lowest BCUT2D eigenvalue weighted by molar-refractivity contribution is -0.117. The lowest BCUT2D eigenvalue weighted by atomic mass is 10.1. The Kier molecular flexibility index (Phi) is 7.99. The van der Waals surface area contributed by atoms with E-state index < -0.39 is 62.7 Å². The Morgan fingerprint density at radius 1 is 0.921 bits per heavy atom. The van der Waals surface area contributed by atoms with Gasteiger partial charge in [0.2, 0.25) is 11.8 Å². The van der Waals surface area contributed by atoms with Gasteiger partial charge < -0.3 is 16.0 Å². The van der Waals surface area contributed by atoms with Crippen molar-refractivity contribution in [2.75, 3.05) is 16.0 Å². The average Bonchev–Trinajstić information content (AvgIpc) is 3.43. The van der Waals surface area contributed by atoms with Crippen LogP contribution in [-0.4, -0.2) is 22.1 Å². The molecule has 0 radical (unpaired) electrons. The van der Waals surface area contributed by atoms with E-state index in [1.165, 1.54) is 36.4 Å². The molecule has 1 saturated carbocycles. The second kappa shape index (κ2) is 10.8. The summed E-state index contributed by atoms with van der Waals surface area (Å²) in [6.07, 6.45) is 0. The summed E-state index contributed by atoms with van der Waals surface area (Å²) in [5.74, 6) is -6.33. The SMILES string of the molecule is CC(=O)Nc1c(F)ccc(NC(=O)c2cc(NC(=O)[C@H]3[C@H](c4ccc(F)c(Br)c4)C3(Cl)Cl)ccc2Cl)c1F. The van der Waals surface area contributed by atoms with E-state index in [2.05, 4.69) is 26.6 Å². The Bertz CT molecular complexity index is 1490. The lowest BCUT2D eigenvalue weighted by Crippen LogP contribution is -2.19. The van der Waals surface area contributed by atoms with E-state index in [4.69, 9.17) is 34.8 Å². The quantitative estimate of drug-likeness (QED) is 0.246. The summed E-state index contributed by atoms with van der Waals surface area (Å²) in [6.45, 7) is 1.07. The number of rotatable bonds is 6. The first-order valence-corrected chi connectivity index (χ1v) is 12.7. The van der Waals surface area contributed by atoms with E-state index in [0.29, 0.717) is 5.56 Å². The molecule has 0 bridgehead atoms. The van der Waals surface area contributed by atoms with E-state index in [0.717, 1.165) is 19.1 Å². The first-order valence-electron chi connectivity index (χ1n) is 10.8. The fraction of sp³-hybridized carbons (Fsp3) is 0.160. The van der Waals surface area contributed by atoms with E-state index in [1.807, 2.05) is 5.32 Å².